The Morgan fingerprint density at radius 1 is 1.16 bits per heavy atom. The normalized spacial score (nSPS) is 23.7. The number of benzene rings is 1. The van der Waals surface area contributed by atoms with Gasteiger partial charge in [-0.15, -0.1) is 0 Å². The van der Waals surface area contributed by atoms with Crippen molar-refractivity contribution in [2.24, 2.45) is 5.92 Å². The predicted molar refractivity (Wildman–Crippen MR) is 101 cm³/mol. The number of nitrogens with one attached hydrogen (secondary N) is 2. The minimum absolute atomic E-state index is 0.0632. The molecule has 0 radical (unpaired) electrons. The van der Waals surface area contributed by atoms with Gasteiger partial charge in [0.2, 0.25) is 0 Å². The third-order valence-corrected chi connectivity index (χ3v) is 5.19. The van der Waals surface area contributed by atoms with E-state index in [2.05, 4.69) is 24.7 Å². The summed E-state index contributed by atoms with van der Waals surface area (Å²) in [6.07, 6.45) is 2.50. The van der Waals surface area contributed by atoms with Gasteiger partial charge < -0.3 is 10.0 Å². The first kappa shape index (κ1) is 19.9. The maximum absolute atomic E-state index is 12.6. The summed E-state index contributed by atoms with van der Waals surface area (Å²) in [5, 5.41) is 9.81. The summed E-state index contributed by atoms with van der Waals surface area (Å²) < 4.78 is 0. The van der Waals surface area contributed by atoms with Crippen LogP contribution in [0.2, 0.25) is 0 Å². The second-order valence-corrected chi connectivity index (χ2v) is 8.05. The van der Waals surface area contributed by atoms with E-state index in [1.165, 1.54) is 0 Å². The molecule has 1 amide bonds. The zero-order valence-electron chi connectivity index (χ0n) is 16.2. The number of aryl methyl sites for hydroxylation is 1. The summed E-state index contributed by atoms with van der Waals surface area (Å²) in [6, 6.07) is 8.61. The van der Waals surface area contributed by atoms with Crippen molar-refractivity contribution >= 4 is 5.91 Å². The molecule has 2 unspecified atom stereocenters. The number of nitrogens with zero attached hydrogens (tertiary/aromatic N) is 1. The highest BCUT2D eigenvalue weighted by molar-refractivity contribution is 5.94. The number of carbonyl (C=O) groups is 1. The number of aliphatic hydroxyl groups is 1. The Labute approximate surface area is 151 Å². The van der Waals surface area contributed by atoms with Crippen LogP contribution in [0.5, 0.6) is 0 Å². The van der Waals surface area contributed by atoms with E-state index in [9.17, 15) is 9.90 Å². The second-order valence-electron chi connectivity index (χ2n) is 8.05. The molecule has 1 saturated heterocycles. The molecule has 1 aromatic carbocycles. The molecule has 0 spiro atoms. The van der Waals surface area contributed by atoms with Crippen LogP contribution in [0.1, 0.15) is 56.5 Å². The lowest BCUT2D eigenvalue weighted by atomic mass is 9.93. The van der Waals surface area contributed by atoms with Gasteiger partial charge >= 0.3 is 0 Å². The maximum Gasteiger partial charge on any atom is 0.253 e. The highest BCUT2D eigenvalue weighted by Gasteiger charge is 2.29. The molecule has 25 heavy (non-hydrogen) atoms. The summed E-state index contributed by atoms with van der Waals surface area (Å²) in [6.45, 7) is 8.74. The molecule has 0 aromatic heterocycles. The standard InChI is InChI=1S/C20H33N3O2/c1-14-18(15(2)22-21-14)11-13-23(5)19(24)17-8-6-16(7-9-17)10-12-20(3,4)25/h6-9,14-15,18,21-22,25H,10-13H2,1-5H3. The summed E-state index contributed by atoms with van der Waals surface area (Å²) in [5.41, 5.74) is 7.73. The molecule has 5 heteroatoms. The average Bonchev–Trinajstić information content (AvgIpc) is 2.88. The molecular formula is C20H33N3O2. The number of hydrogen-bond donors (Lipinski definition) is 3. The van der Waals surface area contributed by atoms with E-state index in [0.29, 0.717) is 24.4 Å². The first-order valence-corrected chi connectivity index (χ1v) is 9.25. The van der Waals surface area contributed by atoms with Gasteiger partial charge in [-0.05, 0) is 70.6 Å². The molecule has 1 aliphatic heterocycles. The van der Waals surface area contributed by atoms with E-state index < -0.39 is 5.60 Å². The Kier molecular flexibility index (Phi) is 6.60. The van der Waals surface area contributed by atoms with Crippen molar-refractivity contribution < 1.29 is 9.90 Å². The topological polar surface area (TPSA) is 64.6 Å². The Balaban J connectivity index is 1.86. The monoisotopic (exact) mass is 347 g/mol. The summed E-state index contributed by atoms with van der Waals surface area (Å²) in [7, 11) is 1.87. The van der Waals surface area contributed by atoms with Gasteiger partial charge in [-0.25, -0.2) is 0 Å². The largest absolute Gasteiger partial charge is 0.390 e. The van der Waals surface area contributed by atoms with E-state index in [1.807, 2.05) is 50.1 Å². The lowest BCUT2D eigenvalue weighted by molar-refractivity contribution is 0.0713. The lowest BCUT2D eigenvalue weighted by Gasteiger charge is -2.23. The van der Waals surface area contributed by atoms with Crippen LogP contribution in [0.25, 0.3) is 0 Å². The molecule has 1 heterocycles. The fourth-order valence-corrected chi connectivity index (χ4v) is 3.34. The molecule has 2 atom stereocenters. The quantitative estimate of drug-likeness (QED) is 0.708. The number of carbonyl (C=O) groups excluding carboxylic acids is 1. The molecule has 0 aliphatic carbocycles. The van der Waals surface area contributed by atoms with Crippen LogP contribution in [-0.4, -0.2) is 47.2 Å². The van der Waals surface area contributed by atoms with E-state index in [4.69, 9.17) is 0 Å². The Morgan fingerprint density at radius 3 is 2.24 bits per heavy atom. The number of hydrazine groups is 1. The van der Waals surface area contributed by atoms with Crippen molar-refractivity contribution in [1.29, 1.82) is 0 Å². The number of amides is 1. The lowest BCUT2D eigenvalue weighted by Crippen LogP contribution is -2.32. The van der Waals surface area contributed by atoms with E-state index >= 15 is 0 Å². The first-order chi connectivity index (χ1) is 11.7. The van der Waals surface area contributed by atoms with Crippen molar-refractivity contribution in [1.82, 2.24) is 15.8 Å². The molecular weight excluding hydrogens is 314 g/mol. The van der Waals surface area contributed by atoms with Gasteiger partial charge in [0, 0.05) is 31.2 Å². The maximum atomic E-state index is 12.6. The van der Waals surface area contributed by atoms with Gasteiger partial charge in [-0.3, -0.25) is 15.6 Å². The predicted octanol–water partition coefficient (Wildman–Crippen LogP) is 2.35. The molecule has 1 aromatic rings. The third-order valence-electron chi connectivity index (χ3n) is 5.19. The first-order valence-electron chi connectivity index (χ1n) is 9.25. The van der Waals surface area contributed by atoms with Crippen molar-refractivity contribution in [3.8, 4) is 0 Å². The smallest absolute Gasteiger partial charge is 0.253 e. The SMILES string of the molecule is CC1NNC(C)C1CCN(C)C(=O)c1ccc(CCC(C)(C)O)cc1. The molecule has 140 valence electrons. The van der Waals surface area contributed by atoms with Crippen molar-refractivity contribution in [3.05, 3.63) is 35.4 Å². The molecule has 5 nitrogen and oxygen atoms in total. The Hall–Kier alpha value is -1.43. The van der Waals surface area contributed by atoms with Gasteiger partial charge in [0.05, 0.1) is 5.60 Å². The van der Waals surface area contributed by atoms with E-state index in [-0.39, 0.29) is 5.91 Å². The number of hydrogen-bond acceptors (Lipinski definition) is 4. The van der Waals surface area contributed by atoms with Crippen molar-refractivity contribution in [2.75, 3.05) is 13.6 Å². The van der Waals surface area contributed by atoms with Gasteiger partial charge in [-0.2, -0.15) is 0 Å². The summed E-state index contributed by atoms with van der Waals surface area (Å²) in [5.74, 6) is 0.590. The third kappa shape index (κ3) is 5.80. The zero-order chi connectivity index (χ0) is 18.6. The molecule has 3 N–H and O–H groups in total. The van der Waals surface area contributed by atoms with Gasteiger partial charge in [-0.1, -0.05) is 12.1 Å². The van der Waals surface area contributed by atoms with Crippen molar-refractivity contribution in [3.63, 3.8) is 0 Å². The van der Waals surface area contributed by atoms with Crippen LogP contribution in [0, 0.1) is 5.92 Å². The molecule has 0 saturated carbocycles. The van der Waals surface area contributed by atoms with Crippen LogP contribution in [0.3, 0.4) is 0 Å². The van der Waals surface area contributed by atoms with E-state index in [1.54, 1.807) is 0 Å². The summed E-state index contributed by atoms with van der Waals surface area (Å²) in [4.78, 5) is 14.4. The molecule has 1 fully saturated rings. The van der Waals surface area contributed by atoms with Crippen LogP contribution in [0.4, 0.5) is 0 Å². The fourth-order valence-electron chi connectivity index (χ4n) is 3.34. The average molecular weight is 348 g/mol. The number of rotatable bonds is 7. The van der Waals surface area contributed by atoms with Gasteiger partial charge in [0.15, 0.2) is 0 Å². The van der Waals surface area contributed by atoms with Gasteiger partial charge in [0.1, 0.15) is 0 Å². The van der Waals surface area contributed by atoms with Crippen LogP contribution < -0.4 is 10.9 Å². The second kappa shape index (κ2) is 8.30. The minimum Gasteiger partial charge on any atom is -0.390 e. The molecule has 2 rings (SSSR count). The molecule has 0 bridgehead atoms. The minimum atomic E-state index is -0.660. The fraction of sp³-hybridized carbons (Fsp3) is 0.650. The Bertz CT molecular complexity index is 555. The van der Waals surface area contributed by atoms with Gasteiger partial charge in [0.25, 0.3) is 5.91 Å². The summed E-state index contributed by atoms with van der Waals surface area (Å²) >= 11 is 0. The van der Waals surface area contributed by atoms with Crippen molar-refractivity contribution in [2.45, 2.75) is 64.6 Å². The Morgan fingerprint density at radius 2 is 1.72 bits per heavy atom. The highest BCUT2D eigenvalue weighted by atomic mass is 16.3. The van der Waals surface area contributed by atoms with Crippen LogP contribution >= 0.6 is 0 Å². The van der Waals surface area contributed by atoms with E-state index in [0.717, 1.165) is 30.5 Å². The highest BCUT2D eigenvalue weighted by Crippen LogP contribution is 2.19. The van der Waals surface area contributed by atoms with Crippen LogP contribution in [0.15, 0.2) is 24.3 Å². The zero-order valence-corrected chi connectivity index (χ0v) is 16.2. The van der Waals surface area contributed by atoms with Crippen LogP contribution in [-0.2, 0) is 6.42 Å². The molecule has 1 aliphatic rings.